The Kier molecular flexibility index (Phi) is 5.52. The molecule has 0 saturated carbocycles. The van der Waals surface area contributed by atoms with Gasteiger partial charge in [0.1, 0.15) is 11.6 Å². The highest BCUT2D eigenvalue weighted by Crippen LogP contribution is 2.25. The number of hydrogen-bond donors (Lipinski definition) is 0. The summed E-state index contributed by atoms with van der Waals surface area (Å²) >= 11 is 0. The zero-order valence-corrected chi connectivity index (χ0v) is 13.7. The van der Waals surface area contributed by atoms with Gasteiger partial charge in [-0.1, -0.05) is 6.07 Å². The third-order valence-electron chi connectivity index (χ3n) is 4.13. The molecule has 1 aromatic rings. The predicted molar refractivity (Wildman–Crippen MR) is 81.6 cm³/mol. The van der Waals surface area contributed by atoms with Crippen LogP contribution in [-0.2, 0) is 16.6 Å². The molecule has 0 radical (unpaired) electrons. The summed E-state index contributed by atoms with van der Waals surface area (Å²) in [6, 6.07) is 3.85. The van der Waals surface area contributed by atoms with Crippen LogP contribution in [0.2, 0.25) is 0 Å². The van der Waals surface area contributed by atoms with Gasteiger partial charge in [-0.05, 0) is 43.7 Å². The van der Waals surface area contributed by atoms with Gasteiger partial charge in [0.25, 0.3) is 10.2 Å². The highest BCUT2D eigenvalue weighted by atomic mass is 32.2. The molecule has 0 bridgehead atoms. The highest BCUT2D eigenvalue weighted by Gasteiger charge is 2.30. The maximum Gasteiger partial charge on any atom is 0.281 e. The number of nitrogens with zero attached hydrogens (tertiary/aromatic N) is 2. The molecule has 0 unspecified atom stereocenters. The molecule has 1 aliphatic rings. The van der Waals surface area contributed by atoms with E-state index >= 15 is 0 Å². The van der Waals surface area contributed by atoms with Crippen molar-refractivity contribution in [2.24, 2.45) is 5.92 Å². The van der Waals surface area contributed by atoms with Gasteiger partial charge in [-0.15, -0.1) is 0 Å². The molecule has 22 heavy (non-hydrogen) atoms. The fourth-order valence-corrected chi connectivity index (χ4v) is 4.04. The van der Waals surface area contributed by atoms with E-state index in [9.17, 15) is 17.2 Å². The summed E-state index contributed by atoms with van der Waals surface area (Å²) in [7, 11) is -0.398. The van der Waals surface area contributed by atoms with Crippen molar-refractivity contribution in [3.63, 3.8) is 0 Å². The van der Waals surface area contributed by atoms with E-state index in [1.165, 1.54) is 40.9 Å². The van der Waals surface area contributed by atoms with Crippen molar-refractivity contribution in [2.45, 2.75) is 25.7 Å². The second-order valence-corrected chi connectivity index (χ2v) is 8.04. The topological polar surface area (TPSA) is 40.6 Å². The van der Waals surface area contributed by atoms with E-state index in [2.05, 4.69) is 0 Å². The second kappa shape index (κ2) is 7.02. The lowest BCUT2D eigenvalue weighted by atomic mass is 9.92. The van der Waals surface area contributed by atoms with Crippen molar-refractivity contribution >= 4 is 10.2 Å². The number of rotatable bonds is 5. The Labute approximate surface area is 130 Å². The third-order valence-corrected chi connectivity index (χ3v) is 6.04. The minimum absolute atomic E-state index is 0.0927. The predicted octanol–water partition coefficient (Wildman–Crippen LogP) is 2.42. The van der Waals surface area contributed by atoms with Gasteiger partial charge >= 0.3 is 0 Å². The first-order valence-electron chi connectivity index (χ1n) is 7.43. The van der Waals surface area contributed by atoms with Crippen LogP contribution in [0.4, 0.5) is 8.78 Å². The smallest absolute Gasteiger partial charge is 0.207 e. The first-order chi connectivity index (χ1) is 10.3. The highest BCUT2D eigenvalue weighted by molar-refractivity contribution is 7.86. The van der Waals surface area contributed by atoms with Gasteiger partial charge < -0.3 is 0 Å². The van der Waals surface area contributed by atoms with E-state index in [0.29, 0.717) is 25.9 Å². The van der Waals surface area contributed by atoms with Crippen LogP contribution in [-0.4, -0.2) is 44.2 Å². The first kappa shape index (κ1) is 17.3. The molecule has 0 aliphatic carbocycles. The zero-order chi connectivity index (χ0) is 16.3. The lowest BCUT2D eigenvalue weighted by Crippen LogP contribution is -2.45. The molecule has 7 heteroatoms. The van der Waals surface area contributed by atoms with Gasteiger partial charge in [-0.3, -0.25) is 0 Å². The molecule has 1 fully saturated rings. The summed E-state index contributed by atoms with van der Waals surface area (Å²) in [5.74, 6) is -0.940. The van der Waals surface area contributed by atoms with Crippen LogP contribution in [0.1, 0.15) is 24.8 Å². The Morgan fingerprint density at radius 3 is 2.50 bits per heavy atom. The van der Waals surface area contributed by atoms with E-state index in [1.54, 1.807) is 0 Å². The molecule has 0 N–H and O–H groups in total. The minimum atomic E-state index is -3.41. The van der Waals surface area contributed by atoms with E-state index in [1.807, 2.05) is 0 Å². The van der Waals surface area contributed by atoms with E-state index in [0.717, 1.165) is 12.8 Å². The van der Waals surface area contributed by atoms with Crippen LogP contribution in [0.15, 0.2) is 18.2 Å². The standard InChI is InChI=1S/C15H22F2N2O2S/c1-18(2)22(20,21)19-10-4-5-12(11-19)8-9-13-14(16)6-3-7-15(13)17/h3,6-7,12H,4-5,8-11H2,1-2H3/t12-/m0/s1. The Balaban J connectivity index is 2.00. The summed E-state index contributed by atoms with van der Waals surface area (Å²) in [5.41, 5.74) is 0.0927. The Morgan fingerprint density at radius 1 is 1.27 bits per heavy atom. The maximum atomic E-state index is 13.6. The van der Waals surface area contributed by atoms with Crippen molar-refractivity contribution < 1.29 is 17.2 Å². The fourth-order valence-electron chi connectivity index (χ4n) is 2.82. The van der Waals surface area contributed by atoms with Gasteiger partial charge in [0.2, 0.25) is 0 Å². The summed E-state index contributed by atoms with van der Waals surface area (Å²) < 4.78 is 54.2. The summed E-state index contributed by atoms with van der Waals surface area (Å²) in [6.45, 7) is 0.918. The van der Waals surface area contributed by atoms with Crippen molar-refractivity contribution in [2.75, 3.05) is 27.2 Å². The minimum Gasteiger partial charge on any atom is -0.207 e. The SMILES string of the molecule is CN(C)S(=O)(=O)N1CCC[C@@H](CCc2c(F)cccc2F)C1. The number of halogens is 2. The number of hydrogen-bond acceptors (Lipinski definition) is 2. The van der Waals surface area contributed by atoms with Crippen LogP contribution >= 0.6 is 0 Å². The molecule has 1 heterocycles. The number of benzene rings is 1. The third kappa shape index (κ3) is 3.83. The van der Waals surface area contributed by atoms with Crippen LogP contribution in [0, 0.1) is 17.6 Å². The molecular formula is C15H22F2N2O2S. The normalized spacial score (nSPS) is 20.5. The van der Waals surface area contributed by atoms with Crippen molar-refractivity contribution in [1.82, 2.24) is 8.61 Å². The zero-order valence-electron chi connectivity index (χ0n) is 12.9. The van der Waals surface area contributed by atoms with Crippen molar-refractivity contribution in [3.8, 4) is 0 Å². The van der Waals surface area contributed by atoms with Crippen molar-refractivity contribution in [1.29, 1.82) is 0 Å². The molecule has 1 aliphatic heterocycles. The first-order valence-corrected chi connectivity index (χ1v) is 8.82. The van der Waals surface area contributed by atoms with Crippen LogP contribution in [0.25, 0.3) is 0 Å². The molecule has 0 aromatic heterocycles. The van der Waals surface area contributed by atoms with Crippen LogP contribution in [0.5, 0.6) is 0 Å². The average Bonchev–Trinajstić information content (AvgIpc) is 2.47. The van der Waals surface area contributed by atoms with E-state index in [4.69, 9.17) is 0 Å². The van der Waals surface area contributed by atoms with Gasteiger partial charge in [0.05, 0.1) is 0 Å². The lowest BCUT2D eigenvalue weighted by Gasteiger charge is -2.33. The Bertz CT molecular complexity index is 600. The average molecular weight is 332 g/mol. The molecule has 124 valence electrons. The molecule has 2 rings (SSSR count). The summed E-state index contributed by atoms with van der Waals surface area (Å²) in [5, 5.41) is 0. The number of piperidine rings is 1. The molecule has 4 nitrogen and oxygen atoms in total. The fraction of sp³-hybridized carbons (Fsp3) is 0.600. The van der Waals surface area contributed by atoms with Gasteiger partial charge in [-0.25, -0.2) is 8.78 Å². The molecule has 1 saturated heterocycles. The molecule has 1 atom stereocenters. The van der Waals surface area contributed by atoms with E-state index in [-0.39, 0.29) is 11.5 Å². The monoisotopic (exact) mass is 332 g/mol. The van der Waals surface area contributed by atoms with Crippen LogP contribution < -0.4 is 0 Å². The second-order valence-electron chi connectivity index (χ2n) is 5.90. The van der Waals surface area contributed by atoms with Crippen molar-refractivity contribution in [3.05, 3.63) is 35.4 Å². The molecule has 1 aromatic carbocycles. The quantitative estimate of drug-likeness (QED) is 0.831. The maximum absolute atomic E-state index is 13.6. The lowest BCUT2D eigenvalue weighted by molar-refractivity contribution is 0.245. The van der Waals surface area contributed by atoms with Gasteiger partial charge in [0.15, 0.2) is 0 Å². The summed E-state index contributed by atoms with van der Waals surface area (Å²) in [6.07, 6.45) is 2.53. The van der Waals surface area contributed by atoms with Gasteiger partial charge in [-0.2, -0.15) is 17.0 Å². The largest absolute Gasteiger partial charge is 0.281 e. The Hall–Kier alpha value is -1.05. The van der Waals surface area contributed by atoms with E-state index < -0.39 is 21.8 Å². The molecule has 0 spiro atoms. The summed E-state index contributed by atoms with van der Waals surface area (Å²) in [4.78, 5) is 0. The molecule has 0 amide bonds. The van der Waals surface area contributed by atoms with Gasteiger partial charge in [0, 0.05) is 32.7 Å². The molecular weight excluding hydrogens is 310 g/mol. The van der Waals surface area contributed by atoms with Crippen LogP contribution in [0.3, 0.4) is 0 Å². The Morgan fingerprint density at radius 2 is 1.91 bits per heavy atom.